The molecule has 1 aliphatic carbocycles. The van der Waals surface area contributed by atoms with Crippen molar-refractivity contribution in [2.75, 3.05) is 13.3 Å². The summed E-state index contributed by atoms with van der Waals surface area (Å²) in [6.07, 6.45) is 10.3. The Morgan fingerprint density at radius 3 is 2.62 bits per heavy atom. The summed E-state index contributed by atoms with van der Waals surface area (Å²) in [5.41, 5.74) is 0. The molecule has 76 valence electrons. The van der Waals surface area contributed by atoms with Crippen LogP contribution in [0.3, 0.4) is 0 Å². The fourth-order valence-electron chi connectivity index (χ4n) is 2.57. The number of ether oxygens (including phenoxy) is 1. The molecular weight excluding hydrogens is 162 g/mol. The van der Waals surface area contributed by atoms with Crippen molar-refractivity contribution in [3.05, 3.63) is 0 Å². The van der Waals surface area contributed by atoms with Gasteiger partial charge in [-0.15, -0.1) is 0 Å². The molecule has 2 fully saturated rings. The smallest absolute Gasteiger partial charge is 0.0969 e. The minimum absolute atomic E-state index is 0.569. The molecule has 0 aromatic rings. The van der Waals surface area contributed by atoms with Crippen LogP contribution in [0.2, 0.25) is 0 Å². The third-order valence-corrected chi connectivity index (χ3v) is 3.40. The summed E-state index contributed by atoms with van der Waals surface area (Å²) >= 11 is 0. The van der Waals surface area contributed by atoms with Gasteiger partial charge in [0.15, 0.2) is 0 Å². The number of fused-ring (bicyclic) bond motifs is 1. The van der Waals surface area contributed by atoms with Crippen molar-refractivity contribution in [1.29, 1.82) is 0 Å². The predicted molar refractivity (Wildman–Crippen MR) is 53.6 cm³/mol. The third-order valence-electron chi connectivity index (χ3n) is 3.40. The summed E-state index contributed by atoms with van der Waals surface area (Å²) in [6, 6.07) is 0. The molecule has 13 heavy (non-hydrogen) atoms. The van der Waals surface area contributed by atoms with Gasteiger partial charge in [-0.25, -0.2) is 0 Å². The molecule has 1 heterocycles. The van der Waals surface area contributed by atoms with Crippen LogP contribution in [0.4, 0.5) is 0 Å². The molecule has 0 radical (unpaired) electrons. The molecule has 2 unspecified atom stereocenters. The van der Waals surface area contributed by atoms with E-state index in [9.17, 15) is 0 Å². The van der Waals surface area contributed by atoms with Crippen molar-refractivity contribution in [2.24, 2.45) is 5.92 Å². The van der Waals surface area contributed by atoms with Crippen LogP contribution in [-0.2, 0) is 4.74 Å². The zero-order valence-corrected chi connectivity index (χ0v) is 8.43. The van der Waals surface area contributed by atoms with Gasteiger partial charge in [-0.1, -0.05) is 32.1 Å². The maximum absolute atomic E-state index is 5.76. The standard InChI is InChI=1S/C11H21NO/c1-2-4-6-10-8-12-9-13-11(10)7-5-3-1/h10-12H,1-9H2. The van der Waals surface area contributed by atoms with Gasteiger partial charge in [-0.3, -0.25) is 5.32 Å². The Balaban J connectivity index is 1.88. The lowest BCUT2D eigenvalue weighted by atomic mass is 9.93. The first-order chi connectivity index (χ1) is 6.47. The zero-order valence-electron chi connectivity index (χ0n) is 8.43. The predicted octanol–water partition coefficient (Wildman–Crippen LogP) is 2.29. The second kappa shape index (κ2) is 4.97. The van der Waals surface area contributed by atoms with E-state index in [1.54, 1.807) is 0 Å². The van der Waals surface area contributed by atoms with E-state index in [0.717, 1.165) is 12.6 Å². The summed E-state index contributed by atoms with van der Waals surface area (Å²) in [4.78, 5) is 0. The van der Waals surface area contributed by atoms with Gasteiger partial charge in [0.1, 0.15) is 0 Å². The lowest BCUT2D eigenvalue weighted by Crippen LogP contribution is -2.41. The Morgan fingerprint density at radius 1 is 0.923 bits per heavy atom. The Morgan fingerprint density at radius 2 is 1.69 bits per heavy atom. The van der Waals surface area contributed by atoms with Crippen molar-refractivity contribution < 1.29 is 4.74 Å². The highest BCUT2D eigenvalue weighted by Gasteiger charge is 2.25. The maximum Gasteiger partial charge on any atom is 0.0969 e. The molecule has 1 saturated heterocycles. The van der Waals surface area contributed by atoms with Crippen LogP contribution < -0.4 is 5.32 Å². The van der Waals surface area contributed by atoms with Crippen molar-refractivity contribution >= 4 is 0 Å². The number of rotatable bonds is 0. The Labute approximate surface area is 81.0 Å². The van der Waals surface area contributed by atoms with E-state index in [1.165, 1.54) is 51.5 Å². The van der Waals surface area contributed by atoms with Gasteiger partial charge in [0.05, 0.1) is 12.8 Å². The van der Waals surface area contributed by atoms with Crippen LogP contribution in [0.5, 0.6) is 0 Å². The van der Waals surface area contributed by atoms with E-state index in [0.29, 0.717) is 6.10 Å². The highest BCUT2D eigenvalue weighted by Crippen LogP contribution is 2.25. The summed E-state index contributed by atoms with van der Waals surface area (Å²) < 4.78 is 5.76. The first-order valence-corrected chi connectivity index (χ1v) is 5.79. The topological polar surface area (TPSA) is 21.3 Å². The summed E-state index contributed by atoms with van der Waals surface area (Å²) in [5, 5.41) is 3.33. The molecule has 0 bridgehead atoms. The van der Waals surface area contributed by atoms with Crippen LogP contribution in [-0.4, -0.2) is 19.4 Å². The lowest BCUT2D eigenvalue weighted by Gasteiger charge is -2.32. The van der Waals surface area contributed by atoms with Gasteiger partial charge >= 0.3 is 0 Å². The highest BCUT2D eigenvalue weighted by atomic mass is 16.5. The monoisotopic (exact) mass is 183 g/mol. The summed E-state index contributed by atoms with van der Waals surface area (Å²) in [6.45, 7) is 1.96. The number of hydrogen-bond acceptors (Lipinski definition) is 2. The quantitative estimate of drug-likeness (QED) is 0.622. The van der Waals surface area contributed by atoms with E-state index in [2.05, 4.69) is 5.32 Å². The molecule has 2 rings (SSSR count). The minimum Gasteiger partial charge on any atom is -0.363 e. The molecule has 1 aliphatic heterocycles. The van der Waals surface area contributed by atoms with Crippen molar-refractivity contribution in [2.45, 2.75) is 51.0 Å². The van der Waals surface area contributed by atoms with Gasteiger partial charge in [-0.2, -0.15) is 0 Å². The van der Waals surface area contributed by atoms with Crippen LogP contribution in [0.25, 0.3) is 0 Å². The summed E-state index contributed by atoms with van der Waals surface area (Å²) in [7, 11) is 0. The molecule has 1 N–H and O–H groups in total. The van der Waals surface area contributed by atoms with E-state index in [4.69, 9.17) is 4.74 Å². The molecule has 2 nitrogen and oxygen atoms in total. The maximum atomic E-state index is 5.76. The van der Waals surface area contributed by atoms with E-state index in [-0.39, 0.29) is 0 Å². The minimum atomic E-state index is 0.569. The SMILES string of the molecule is C1CCCC2CNCOC2CCC1. The Bertz CT molecular complexity index is 133. The molecule has 2 aliphatic rings. The van der Waals surface area contributed by atoms with E-state index >= 15 is 0 Å². The van der Waals surface area contributed by atoms with Gasteiger partial charge < -0.3 is 4.74 Å². The number of hydrogen-bond donors (Lipinski definition) is 1. The first-order valence-electron chi connectivity index (χ1n) is 5.79. The van der Waals surface area contributed by atoms with Crippen LogP contribution in [0, 0.1) is 5.92 Å². The van der Waals surface area contributed by atoms with Crippen molar-refractivity contribution in [3.63, 3.8) is 0 Å². The molecule has 1 saturated carbocycles. The molecule has 0 aromatic heterocycles. The van der Waals surface area contributed by atoms with Gasteiger partial charge in [0.2, 0.25) is 0 Å². The van der Waals surface area contributed by atoms with Gasteiger partial charge in [0, 0.05) is 6.54 Å². The summed E-state index contributed by atoms with van der Waals surface area (Å²) in [5.74, 6) is 0.798. The average molecular weight is 183 g/mol. The van der Waals surface area contributed by atoms with Gasteiger partial charge in [-0.05, 0) is 18.8 Å². The number of nitrogens with one attached hydrogen (secondary N) is 1. The van der Waals surface area contributed by atoms with Crippen molar-refractivity contribution in [3.8, 4) is 0 Å². The first kappa shape index (κ1) is 9.47. The largest absolute Gasteiger partial charge is 0.363 e. The van der Waals surface area contributed by atoms with Crippen LogP contribution >= 0.6 is 0 Å². The Hall–Kier alpha value is -0.0800. The average Bonchev–Trinajstić information content (AvgIpc) is 2.28. The second-order valence-corrected chi connectivity index (χ2v) is 4.41. The van der Waals surface area contributed by atoms with Gasteiger partial charge in [0.25, 0.3) is 0 Å². The molecule has 0 aromatic carbocycles. The molecule has 2 atom stereocenters. The van der Waals surface area contributed by atoms with Crippen LogP contribution in [0.1, 0.15) is 44.9 Å². The Kier molecular flexibility index (Phi) is 3.62. The molecular formula is C11H21NO. The molecule has 0 amide bonds. The van der Waals surface area contributed by atoms with E-state index < -0.39 is 0 Å². The molecule has 2 heteroatoms. The van der Waals surface area contributed by atoms with Crippen LogP contribution in [0.15, 0.2) is 0 Å². The zero-order chi connectivity index (χ0) is 8.93. The normalized spacial score (nSPS) is 36.9. The highest BCUT2D eigenvalue weighted by molar-refractivity contribution is 4.77. The fourth-order valence-corrected chi connectivity index (χ4v) is 2.57. The lowest BCUT2D eigenvalue weighted by molar-refractivity contribution is -0.0394. The second-order valence-electron chi connectivity index (χ2n) is 4.41. The van der Waals surface area contributed by atoms with Crippen molar-refractivity contribution in [1.82, 2.24) is 5.32 Å². The third kappa shape index (κ3) is 2.68. The molecule has 0 spiro atoms. The van der Waals surface area contributed by atoms with E-state index in [1.807, 2.05) is 0 Å². The fraction of sp³-hybridized carbons (Fsp3) is 1.00.